The lowest BCUT2D eigenvalue weighted by Crippen LogP contribution is -2.42. The third-order valence-corrected chi connectivity index (χ3v) is 30.3. The first-order chi connectivity index (χ1) is 70.0. The molecule has 0 aliphatic carbocycles. The Balaban J connectivity index is 0.731. The van der Waals surface area contributed by atoms with E-state index in [0.29, 0.717) is 0 Å². The van der Waals surface area contributed by atoms with Gasteiger partial charge >= 0.3 is 17.1 Å². The van der Waals surface area contributed by atoms with Crippen LogP contribution in [0.25, 0.3) is 33.5 Å². The Labute approximate surface area is 843 Å². The number of aryl methyl sites for hydroxylation is 3. The SMILES string of the molecule is CC[C@H]1O[C@@H](n2cc(C)c(=O)[nH]c2=O)CC1OP([O-])(=S)OC[C@H]1O[C@@H](n2cnc3c(=O)[nH]c(N)nc32)[C@@H](OCCOC)C1OP(=O)([O-])OC[C@H]1O[C@@H](n2cnc3c(=O)[nH]c(N)nc32)[C@@H](OCCOC)C1OP(=O)([O-])OC[C@H]1O[C@@H](n2cnc3c(N)ncnc32)[C@@H](OCCOC)C1OP(=O)([S-])OC[C@H]1O[C@@H](n2cc(C)c(N)nc2=O)[C@@H](OCCOC)C1OP([O-])(=S)OC[C@H]1O[C@@H](n2cc(C)c(=O)[nH]c2=O)[C@@H](OCCOC)C1O. The Bertz CT molecular complexity index is 6840. The molecule has 6 saturated heterocycles. The van der Waals surface area contributed by atoms with Crippen molar-refractivity contribution >= 4 is 129 Å². The fourth-order valence-electron chi connectivity index (χ4n) is 16.8. The molecule has 0 radical (unpaired) electrons. The number of anilines is 4. The Morgan fingerprint density at radius 1 is 0.415 bits per heavy atom. The largest absolute Gasteiger partial charge is 0.780 e. The lowest BCUT2D eigenvalue weighted by Gasteiger charge is -2.36. The van der Waals surface area contributed by atoms with Crippen molar-refractivity contribution in [1.82, 2.24) is 87.2 Å². The minimum atomic E-state index is -6.23. The molecule has 13 N–H and O–H groups in total. The van der Waals surface area contributed by atoms with E-state index >= 15 is 23.5 Å². The lowest BCUT2D eigenvalue weighted by molar-refractivity contribution is -0.241. The van der Waals surface area contributed by atoms with Gasteiger partial charge in [-0.3, -0.25) is 80.2 Å². The number of imidazole rings is 3. The van der Waals surface area contributed by atoms with Crippen LogP contribution in [0.5, 0.6) is 0 Å². The fourth-order valence-corrected chi connectivity index (χ4v) is 23.0. The van der Waals surface area contributed by atoms with Crippen molar-refractivity contribution in [2.45, 2.75) is 182 Å². The number of nitrogens with two attached hydrogens (primary N) is 4. The Morgan fingerprint density at radius 3 is 1.27 bits per heavy atom. The average Bonchev–Trinajstić information content (AvgIpc) is 2.49. The van der Waals surface area contributed by atoms with Gasteiger partial charge in [0.25, 0.3) is 37.9 Å². The summed E-state index contributed by atoms with van der Waals surface area (Å²) in [5, 5.41) is 11.8. The zero-order valence-electron chi connectivity index (χ0n) is 79.1. The molecule has 9 aromatic heterocycles. The molecule has 11 unspecified atom stereocenters. The van der Waals surface area contributed by atoms with Gasteiger partial charge in [0.2, 0.25) is 11.9 Å². The van der Waals surface area contributed by atoms with Crippen LogP contribution in [0.15, 0.2) is 77.5 Å². The quantitative estimate of drug-likeness (QED) is 0.00981. The predicted molar refractivity (Wildman–Crippen MR) is 500 cm³/mol. The number of aliphatic hydroxyl groups excluding tert-OH is 1. The first kappa shape index (κ1) is 113. The number of phosphoric ester groups is 2. The summed E-state index contributed by atoms with van der Waals surface area (Å²) in [6.07, 6.45) is -30.8. The van der Waals surface area contributed by atoms with Gasteiger partial charge in [-0.05, 0) is 27.2 Å². The number of aliphatic hydroxyl groups is 1. The van der Waals surface area contributed by atoms with E-state index in [-0.39, 0.29) is 134 Å². The maximum Gasteiger partial charge on any atom is 0.351 e. The molecule has 0 aromatic carbocycles. The highest BCUT2D eigenvalue weighted by Gasteiger charge is 2.57. The standard InChI is InChI=1S/C76H109N22O41P5S3/c1-10-37-38(21-44(129-37)93-23-35(3)63(100)91-75(93)105)135-142(111,145)127-28-42-50(55(121-18-13-116-7)71(134-42)98-33-85-47-62(98)88-73(80)90-66(47)103)137-140(107,108)124-26-40-49(54(120-17-12-115-6)70(132-40)97-32-84-46-61(97)87-72(79)89-65(46)102)136-141(109,110)125-27-41-51(57(123-20-15-118-9)69(133-41)96-31-83-45-59(78)81-30-82-60(45)96)138-144(113,147)128-29-43-52(56(122-19-14-117-8)68(131-43)94-22-34(2)58(77)86-74(94)104)139-143(112,146)126-25-39-48(99)53(119-16-11-114-5)67(130-39)95-24-36(4)64(101)92-76(95)106/h22-24,30-33,37-44,48-57,67-71,99H,10-21,25-29H2,1-9H3,(H,107,108)(H,109,110)(H,111,145)(H,112,146)(H,113,147)(H2,77,86,104)(H2,78,81,82)(H,91,100,105)(H,92,101,106)(H3,79,87,89,102)(H3,80,88,90,103)/p-5/t37-,38?,39-,40-,41-,42-,43-,44-,48?,49?,50?,51?,52?,53+,54+,55+,56+,57+,67-,68-,69-,70-,71-,142?,143?,144?/m1/s1. The second-order valence-corrected chi connectivity index (χ2v) is 44.3. The summed E-state index contributed by atoms with van der Waals surface area (Å²) in [4.78, 5) is 195. The van der Waals surface area contributed by atoms with Crippen LogP contribution in [0.1, 0.15) is 73.8 Å². The first-order valence-corrected chi connectivity index (χ1v) is 55.3. The summed E-state index contributed by atoms with van der Waals surface area (Å²) < 4.78 is 208. The predicted octanol–water partition coefficient (Wildman–Crippen LogP) is -4.82. The lowest BCUT2D eigenvalue weighted by atomic mass is 10.1. The molecule has 0 amide bonds. The zero-order valence-corrected chi connectivity index (χ0v) is 86.1. The summed E-state index contributed by atoms with van der Waals surface area (Å²) in [7, 11) is -5.78. The molecule has 71 heteroatoms. The second kappa shape index (κ2) is 48.4. The van der Waals surface area contributed by atoms with Gasteiger partial charge in [0.1, 0.15) is 129 Å². The number of fused-ring (bicyclic) bond motifs is 3. The highest BCUT2D eigenvalue weighted by Crippen LogP contribution is 2.57. The van der Waals surface area contributed by atoms with E-state index in [1.807, 2.05) is 0 Å². The van der Waals surface area contributed by atoms with Crippen LogP contribution in [0.2, 0.25) is 0 Å². The number of H-pyrrole nitrogens is 4. The van der Waals surface area contributed by atoms with Gasteiger partial charge in [-0.1, -0.05) is 30.5 Å². The maximum atomic E-state index is 15.6. The molecule has 0 saturated carbocycles. The van der Waals surface area contributed by atoms with Crippen LogP contribution in [0.4, 0.5) is 23.5 Å². The number of nitrogens with zero attached hydrogens (tertiary/aromatic N) is 14. The van der Waals surface area contributed by atoms with Crippen molar-refractivity contribution < 1.29 is 159 Å². The van der Waals surface area contributed by atoms with Gasteiger partial charge in [0.15, 0.2) is 71.7 Å². The molecule has 28 atom stereocenters. The number of ether oxygens (including phenoxy) is 16. The minimum absolute atomic E-state index is 0.00226. The van der Waals surface area contributed by atoms with Crippen LogP contribution in [0, 0.1) is 20.8 Å². The van der Waals surface area contributed by atoms with Crippen LogP contribution in [-0.4, -0.2) is 331 Å². The molecule has 0 bridgehead atoms. The van der Waals surface area contributed by atoms with Crippen LogP contribution < -0.4 is 81.8 Å². The fraction of sp³-hybridized carbons (Fsp3) is 0.645. The number of nitrogen functional groups attached to an aromatic ring is 4. The summed E-state index contributed by atoms with van der Waals surface area (Å²) in [5.74, 6) is -1.24. The number of hydrogen-bond donors (Lipinski definition) is 9. The van der Waals surface area contributed by atoms with E-state index < -0.39 is 268 Å². The summed E-state index contributed by atoms with van der Waals surface area (Å²) in [5.41, 5.74) is 17.6. The third-order valence-electron chi connectivity index (χ3n) is 23.7. The van der Waals surface area contributed by atoms with Crippen LogP contribution >= 0.6 is 35.9 Å². The zero-order chi connectivity index (χ0) is 106. The highest BCUT2D eigenvalue weighted by atomic mass is 32.7. The number of nitrogens with one attached hydrogen (secondary N) is 4. The highest BCUT2D eigenvalue weighted by molar-refractivity contribution is 8.32. The van der Waals surface area contributed by atoms with Crippen molar-refractivity contribution in [2.24, 2.45) is 0 Å². The van der Waals surface area contributed by atoms with E-state index in [0.717, 1.165) is 48.0 Å². The number of rotatable bonds is 52. The molecule has 147 heavy (non-hydrogen) atoms. The maximum absolute atomic E-state index is 15.6. The first-order valence-electron chi connectivity index (χ1n) is 44.7. The Hall–Kier alpha value is -8.21. The summed E-state index contributed by atoms with van der Waals surface area (Å²) >= 11 is 16.7. The van der Waals surface area contributed by atoms with E-state index in [9.17, 15) is 48.5 Å². The molecular formula is C76H104N22O41P5S3-5. The molecule has 812 valence electrons. The van der Waals surface area contributed by atoms with Crippen molar-refractivity contribution in [3.05, 3.63) is 133 Å². The van der Waals surface area contributed by atoms with Gasteiger partial charge in [-0.15, -0.1) is 0 Å². The number of hydrogen-bond acceptors (Lipinski definition) is 56. The van der Waals surface area contributed by atoms with E-state index in [4.69, 9.17) is 180 Å². The smallest absolute Gasteiger partial charge is 0.351 e. The molecule has 0 spiro atoms. The topological polar surface area (TPSA) is 823 Å². The third kappa shape index (κ3) is 26.3. The van der Waals surface area contributed by atoms with E-state index in [2.05, 4.69) is 59.8 Å². The molecule has 63 nitrogen and oxygen atoms in total. The molecule has 15 rings (SSSR count). The van der Waals surface area contributed by atoms with Gasteiger partial charge in [0.05, 0.1) is 130 Å². The summed E-state index contributed by atoms with van der Waals surface area (Å²) in [6, 6.07) is 0. The molecule has 6 fully saturated rings. The summed E-state index contributed by atoms with van der Waals surface area (Å²) in [6.45, 7) is -17.3. The molecule has 15 heterocycles. The average molecular weight is 2230 g/mol. The van der Waals surface area contributed by atoms with Crippen molar-refractivity contribution in [3.63, 3.8) is 0 Å². The number of aromatic nitrogens is 18. The van der Waals surface area contributed by atoms with Crippen molar-refractivity contribution in [1.29, 1.82) is 0 Å². The second-order valence-electron chi connectivity index (χ2n) is 33.5. The van der Waals surface area contributed by atoms with Crippen LogP contribution in [0.3, 0.4) is 0 Å². The van der Waals surface area contributed by atoms with Crippen LogP contribution in [-0.2, 0) is 171 Å². The van der Waals surface area contributed by atoms with Gasteiger partial charge in [0, 0.05) is 77.3 Å². The molecule has 6 aliphatic rings. The monoisotopic (exact) mass is 2230 g/mol. The Morgan fingerprint density at radius 2 is 0.796 bits per heavy atom. The van der Waals surface area contributed by atoms with Crippen molar-refractivity contribution in [3.8, 4) is 0 Å². The van der Waals surface area contributed by atoms with Gasteiger partial charge in [-0.2, -0.15) is 15.0 Å². The Kier molecular flexibility index (Phi) is 37.2. The molecular weight excluding hydrogens is 2130 g/mol. The van der Waals surface area contributed by atoms with Gasteiger partial charge < -0.3 is 181 Å². The van der Waals surface area contributed by atoms with E-state index in [1.165, 1.54) is 79.6 Å². The minimum Gasteiger partial charge on any atom is -0.780 e. The number of aromatic amines is 4. The number of phosphoric acid groups is 2. The van der Waals surface area contributed by atoms with Gasteiger partial charge in [-0.25, -0.2) is 39.3 Å². The van der Waals surface area contributed by atoms with E-state index in [1.54, 1.807) is 6.92 Å². The van der Waals surface area contributed by atoms with Crippen molar-refractivity contribution in [2.75, 3.05) is 158 Å². The number of methoxy groups -OCH3 is 5. The molecule has 6 aliphatic heterocycles. The molecule has 9 aromatic rings. The normalized spacial score (nSPS) is 29.0.